The van der Waals surface area contributed by atoms with Gasteiger partial charge in [0.05, 0.1) is 0 Å². The lowest BCUT2D eigenvalue weighted by Gasteiger charge is -2.10. The molecule has 0 aliphatic carbocycles. The standard InChI is InChI=1S/C16H20FN3O/c1-4-7-18-15-8-12(3)19-16(20-15)10-21-14-9-13(17)6-5-11(14)2/h5-6,8-9H,4,7,10H2,1-3H3,(H,18,19,20). The SMILES string of the molecule is CCCNc1cc(C)nc(COc2cc(F)ccc2C)n1. The van der Waals surface area contributed by atoms with E-state index in [-0.39, 0.29) is 12.4 Å². The molecule has 0 aliphatic rings. The molecule has 1 N–H and O–H groups in total. The fourth-order valence-electron chi connectivity index (χ4n) is 1.91. The summed E-state index contributed by atoms with van der Waals surface area (Å²) in [7, 11) is 0. The molecule has 0 bridgehead atoms. The molecular weight excluding hydrogens is 269 g/mol. The van der Waals surface area contributed by atoms with Crippen LogP contribution in [0.25, 0.3) is 0 Å². The van der Waals surface area contributed by atoms with Gasteiger partial charge in [0.15, 0.2) is 5.82 Å². The smallest absolute Gasteiger partial charge is 0.168 e. The maximum atomic E-state index is 13.2. The highest BCUT2D eigenvalue weighted by Crippen LogP contribution is 2.19. The zero-order valence-corrected chi connectivity index (χ0v) is 12.6. The number of benzene rings is 1. The maximum absolute atomic E-state index is 13.2. The number of rotatable bonds is 6. The van der Waals surface area contributed by atoms with Crippen molar-refractivity contribution >= 4 is 5.82 Å². The first-order valence-electron chi connectivity index (χ1n) is 7.06. The Morgan fingerprint density at radius 3 is 2.76 bits per heavy atom. The molecule has 1 aromatic carbocycles. The zero-order valence-electron chi connectivity index (χ0n) is 12.6. The number of halogens is 1. The molecule has 2 aromatic rings. The number of ether oxygens (including phenoxy) is 1. The quantitative estimate of drug-likeness (QED) is 0.882. The summed E-state index contributed by atoms with van der Waals surface area (Å²) in [6, 6.07) is 6.38. The van der Waals surface area contributed by atoms with Crippen molar-refractivity contribution in [3.8, 4) is 5.75 Å². The third-order valence-electron chi connectivity index (χ3n) is 2.96. The Morgan fingerprint density at radius 2 is 2.00 bits per heavy atom. The average molecular weight is 289 g/mol. The van der Waals surface area contributed by atoms with Gasteiger partial charge in [0.25, 0.3) is 0 Å². The van der Waals surface area contributed by atoms with Crippen LogP contribution in [0, 0.1) is 19.7 Å². The Morgan fingerprint density at radius 1 is 1.19 bits per heavy atom. The molecule has 0 unspecified atom stereocenters. The molecule has 21 heavy (non-hydrogen) atoms. The molecule has 0 spiro atoms. The van der Waals surface area contributed by atoms with Crippen LogP contribution in [0.3, 0.4) is 0 Å². The van der Waals surface area contributed by atoms with Gasteiger partial charge in [-0.25, -0.2) is 14.4 Å². The number of hydrogen-bond donors (Lipinski definition) is 1. The predicted molar refractivity (Wildman–Crippen MR) is 81.0 cm³/mol. The highest BCUT2D eigenvalue weighted by molar-refractivity contribution is 5.36. The molecule has 0 saturated heterocycles. The monoisotopic (exact) mass is 289 g/mol. The molecule has 0 saturated carbocycles. The summed E-state index contributed by atoms with van der Waals surface area (Å²) in [5, 5.41) is 3.23. The lowest BCUT2D eigenvalue weighted by atomic mass is 10.2. The number of anilines is 1. The van der Waals surface area contributed by atoms with Gasteiger partial charge >= 0.3 is 0 Å². The van der Waals surface area contributed by atoms with E-state index in [9.17, 15) is 4.39 Å². The van der Waals surface area contributed by atoms with Crippen LogP contribution >= 0.6 is 0 Å². The zero-order chi connectivity index (χ0) is 15.2. The van der Waals surface area contributed by atoms with Crippen molar-refractivity contribution in [2.75, 3.05) is 11.9 Å². The number of nitrogens with one attached hydrogen (secondary N) is 1. The minimum Gasteiger partial charge on any atom is -0.485 e. The molecule has 4 nitrogen and oxygen atoms in total. The van der Waals surface area contributed by atoms with Gasteiger partial charge in [-0.1, -0.05) is 13.0 Å². The van der Waals surface area contributed by atoms with E-state index in [4.69, 9.17) is 4.74 Å². The van der Waals surface area contributed by atoms with Gasteiger partial charge in [0.1, 0.15) is 24.0 Å². The van der Waals surface area contributed by atoms with Crippen LogP contribution in [0.5, 0.6) is 5.75 Å². The summed E-state index contributed by atoms with van der Waals surface area (Å²) in [6.07, 6.45) is 1.03. The first-order chi connectivity index (χ1) is 10.1. The van der Waals surface area contributed by atoms with Crippen molar-refractivity contribution in [3.05, 3.63) is 47.2 Å². The Hall–Kier alpha value is -2.17. The molecule has 0 aliphatic heterocycles. The van der Waals surface area contributed by atoms with Gasteiger partial charge in [-0.3, -0.25) is 0 Å². The highest BCUT2D eigenvalue weighted by atomic mass is 19.1. The fourth-order valence-corrected chi connectivity index (χ4v) is 1.91. The Balaban J connectivity index is 2.08. The van der Waals surface area contributed by atoms with Crippen molar-refractivity contribution < 1.29 is 9.13 Å². The summed E-state index contributed by atoms with van der Waals surface area (Å²) in [5.74, 6) is 1.57. The van der Waals surface area contributed by atoms with Gasteiger partial charge in [0, 0.05) is 24.4 Å². The molecule has 1 heterocycles. The number of nitrogens with zero attached hydrogens (tertiary/aromatic N) is 2. The lowest BCUT2D eigenvalue weighted by Crippen LogP contribution is -2.08. The van der Waals surface area contributed by atoms with E-state index in [0.717, 1.165) is 30.0 Å². The van der Waals surface area contributed by atoms with Gasteiger partial charge < -0.3 is 10.1 Å². The van der Waals surface area contributed by atoms with Gasteiger partial charge in [-0.05, 0) is 31.9 Å². The van der Waals surface area contributed by atoms with E-state index < -0.39 is 0 Å². The van der Waals surface area contributed by atoms with E-state index in [0.29, 0.717) is 11.6 Å². The minimum absolute atomic E-state index is 0.215. The number of aromatic nitrogens is 2. The van der Waals surface area contributed by atoms with Crippen LogP contribution in [0.2, 0.25) is 0 Å². The third-order valence-corrected chi connectivity index (χ3v) is 2.96. The van der Waals surface area contributed by atoms with Crippen molar-refractivity contribution in [2.45, 2.75) is 33.8 Å². The van der Waals surface area contributed by atoms with Crippen LogP contribution < -0.4 is 10.1 Å². The molecule has 0 fully saturated rings. The summed E-state index contributed by atoms with van der Waals surface area (Å²) in [6.45, 7) is 6.96. The second-order valence-electron chi connectivity index (χ2n) is 4.94. The first kappa shape index (κ1) is 15.2. The largest absolute Gasteiger partial charge is 0.485 e. The molecule has 2 rings (SSSR count). The third kappa shape index (κ3) is 4.41. The molecule has 112 valence electrons. The van der Waals surface area contributed by atoms with E-state index in [2.05, 4.69) is 22.2 Å². The van der Waals surface area contributed by atoms with Crippen molar-refractivity contribution in [1.29, 1.82) is 0 Å². The minimum atomic E-state index is -0.314. The van der Waals surface area contributed by atoms with Gasteiger partial charge in [-0.2, -0.15) is 0 Å². The van der Waals surface area contributed by atoms with E-state index in [1.54, 1.807) is 6.07 Å². The topological polar surface area (TPSA) is 47.0 Å². The van der Waals surface area contributed by atoms with Crippen LogP contribution in [0.15, 0.2) is 24.3 Å². The van der Waals surface area contributed by atoms with Crippen LogP contribution in [-0.4, -0.2) is 16.5 Å². The van der Waals surface area contributed by atoms with Crippen molar-refractivity contribution in [1.82, 2.24) is 9.97 Å². The summed E-state index contributed by atoms with van der Waals surface area (Å²) >= 11 is 0. The van der Waals surface area contributed by atoms with Gasteiger partial charge in [-0.15, -0.1) is 0 Å². The van der Waals surface area contributed by atoms with Crippen molar-refractivity contribution in [2.24, 2.45) is 0 Å². The highest BCUT2D eigenvalue weighted by Gasteiger charge is 2.06. The second-order valence-corrected chi connectivity index (χ2v) is 4.94. The average Bonchev–Trinajstić information content (AvgIpc) is 2.45. The molecule has 0 atom stereocenters. The van der Waals surface area contributed by atoms with Gasteiger partial charge in [0.2, 0.25) is 0 Å². The molecule has 0 amide bonds. The van der Waals surface area contributed by atoms with Crippen LogP contribution in [0.1, 0.15) is 30.4 Å². The fraction of sp³-hybridized carbons (Fsp3) is 0.375. The Bertz CT molecular complexity index is 616. The molecule has 0 radical (unpaired) electrons. The Kier molecular flexibility index (Phi) is 5.09. The van der Waals surface area contributed by atoms with Crippen LogP contribution in [-0.2, 0) is 6.61 Å². The molecular formula is C16H20FN3O. The van der Waals surface area contributed by atoms with Crippen LogP contribution in [0.4, 0.5) is 10.2 Å². The second kappa shape index (κ2) is 7.02. The number of hydrogen-bond acceptors (Lipinski definition) is 4. The molecule has 5 heteroatoms. The Labute approximate surface area is 124 Å². The summed E-state index contributed by atoms with van der Waals surface area (Å²) < 4.78 is 18.8. The van der Waals surface area contributed by atoms with E-state index in [1.807, 2.05) is 19.9 Å². The first-order valence-corrected chi connectivity index (χ1v) is 7.06. The van der Waals surface area contributed by atoms with Crippen molar-refractivity contribution in [3.63, 3.8) is 0 Å². The molecule has 1 aromatic heterocycles. The lowest BCUT2D eigenvalue weighted by molar-refractivity contribution is 0.292. The predicted octanol–water partition coefficient (Wildman–Crippen LogP) is 3.63. The van der Waals surface area contributed by atoms with E-state index >= 15 is 0 Å². The summed E-state index contributed by atoms with van der Waals surface area (Å²) in [4.78, 5) is 8.74. The summed E-state index contributed by atoms with van der Waals surface area (Å²) in [5.41, 5.74) is 1.76. The maximum Gasteiger partial charge on any atom is 0.168 e. The number of aryl methyl sites for hydroxylation is 2. The normalized spacial score (nSPS) is 10.5. The van der Waals surface area contributed by atoms with E-state index in [1.165, 1.54) is 12.1 Å².